The van der Waals surface area contributed by atoms with Crippen LogP contribution in [0.5, 0.6) is 0 Å². The van der Waals surface area contributed by atoms with Gasteiger partial charge in [-0.3, -0.25) is 0 Å². The molecule has 0 amide bonds. The molecule has 0 saturated carbocycles. The maximum atomic E-state index is 2.36. The van der Waals surface area contributed by atoms with Crippen LogP contribution in [0.2, 0.25) is 0 Å². The lowest BCUT2D eigenvalue weighted by Crippen LogP contribution is -1.98. The van der Waals surface area contributed by atoms with Gasteiger partial charge in [0.25, 0.3) is 0 Å². The highest BCUT2D eigenvalue weighted by Crippen LogP contribution is 2.42. The summed E-state index contributed by atoms with van der Waals surface area (Å²) < 4.78 is 2.72. The van der Waals surface area contributed by atoms with E-state index < -0.39 is 0 Å². The molecule has 2 aromatic heterocycles. The van der Waals surface area contributed by atoms with Crippen molar-refractivity contribution in [3.8, 4) is 0 Å². The fraction of sp³-hybridized carbons (Fsp3) is 0.0435. The van der Waals surface area contributed by atoms with Crippen molar-refractivity contribution in [3.05, 3.63) is 106 Å². The van der Waals surface area contributed by atoms with Gasteiger partial charge in [0.2, 0.25) is 0 Å². The largest absolute Gasteiger partial charge is 0.139 e. The van der Waals surface area contributed by atoms with E-state index in [1.807, 2.05) is 22.7 Å². The molecule has 0 saturated heterocycles. The molecule has 0 unspecified atom stereocenters. The topological polar surface area (TPSA) is 0 Å². The normalized spacial score (nSPS) is 11.6. The number of hydrogen-bond donors (Lipinski definition) is 0. The fourth-order valence-electron chi connectivity index (χ4n) is 3.40. The predicted molar refractivity (Wildman–Crippen MR) is 111 cm³/mol. The van der Waals surface area contributed by atoms with Crippen LogP contribution in [0.1, 0.15) is 21.2 Å². The second kappa shape index (κ2) is 6.14. The molecule has 2 heterocycles. The lowest BCUT2D eigenvalue weighted by atomic mass is 9.95. The van der Waals surface area contributed by atoms with E-state index in [0.717, 1.165) is 0 Å². The van der Waals surface area contributed by atoms with Gasteiger partial charge in [0.05, 0.1) is 5.92 Å². The van der Waals surface area contributed by atoms with Crippen LogP contribution in [-0.4, -0.2) is 0 Å². The Balaban J connectivity index is 1.73. The zero-order valence-electron chi connectivity index (χ0n) is 13.6. The third kappa shape index (κ3) is 2.68. The first kappa shape index (κ1) is 14.9. The first-order chi connectivity index (χ1) is 12.4. The van der Waals surface area contributed by atoms with Crippen molar-refractivity contribution in [2.24, 2.45) is 0 Å². The van der Waals surface area contributed by atoms with Crippen molar-refractivity contribution in [2.75, 3.05) is 0 Å². The molecular formula is C23H16S2. The highest BCUT2D eigenvalue weighted by atomic mass is 32.1. The first-order valence-corrected chi connectivity index (χ1v) is 10.0. The number of rotatable bonds is 3. The Morgan fingerprint density at radius 2 is 1.00 bits per heavy atom. The summed E-state index contributed by atoms with van der Waals surface area (Å²) in [6.45, 7) is 0. The Morgan fingerprint density at radius 1 is 0.520 bits per heavy atom. The maximum Gasteiger partial charge on any atom is 0.0528 e. The molecule has 0 bridgehead atoms. The van der Waals surface area contributed by atoms with Crippen LogP contribution in [0.3, 0.4) is 0 Å². The quantitative estimate of drug-likeness (QED) is 0.318. The standard InChI is InChI=1S/C23H16S2/c1-2-8-16(9-3-1)23(21-14-17-10-4-6-12-19(17)24-21)22-15-18-11-5-7-13-20(18)25-22/h1-15,23H. The Kier molecular flexibility index (Phi) is 3.66. The van der Waals surface area contributed by atoms with E-state index in [-0.39, 0.29) is 0 Å². The lowest BCUT2D eigenvalue weighted by molar-refractivity contribution is 1.04. The highest BCUT2D eigenvalue weighted by Gasteiger charge is 2.21. The van der Waals surface area contributed by atoms with Crippen molar-refractivity contribution in [2.45, 2.75) is 5.92 Å². The predicted octanol–water partition coefficient (Wildman–Crippen LogP) is 7.30. The molecule has 0 aliphatic rings. The van der Waals surface area contributed by atoms with E-state index in [2.05, 4.69) is 91.0 Å². The van der Waals surface area contributed by atoms with E-state index in [1.54, 1.807) is 0 Å². The monoisotopic (exact) mass is 356 g/mol. The van der Waals surface area contributed by atoms with Crippen molar-refractivity contribution >= 4 is 42.8 Å². The highest BCUT2D eigenvalue weighted by molar-refractivity contribution is 7.20. The lowest BCUT2D eigenvalue weighted by Gasteiger charge is -2.14. The van der Waals surface area contributed by atoms with Crippen LogP contribution in [0.25, 0.3) is 20.2 Å². The summed E-state index contributed by atoms with van der Waals surface area (Å²) >= 11 is 3.82. The molecule has 0 nitrogen and oxygen atoms in total. The minimum atomic E-state index is 0.302. The van der Waals surface area contributed by atoms with Crippen LogP contribution < -0.4 is 0 Å². The summed E-state index contributed by atoms with van der Waals surface area (Å²) in [5.41, 5.74) is 1.36. The molecule has 5 aromatic rings. The zero-order valence-corrected chi connectivity index (χ0v) is 15.2. The van der Waals surface area contributed by atoms with Crippen LogP contribution >= 0.6 is 22.7 Å². The Bertz CT molecular complexity index is 1010. The second-order valence-corrected chi connectivity index (χ2v) is 8.45. The minimum absolute atomic E-state index is 0.302. The Hall–Kier alpha value is -2.42. The molecule has 0 fully saturated rings. The van der Waals surface area contributed by atoms with Crippen molar-refractivity contribution < 1.29 is 0 Å². The average molecular weight is 357 g/mol. The third-order valence-electron chi connectivity index (χ3n) is 4.59. The molecule has 25 heavy (non-hydrogen) atoms. The van der Waals surface area contributed by atoms with Gasteiger partial charge in [0.15, 0.2) is 0 Å². The van der Waals surface area contributed by atoms with Gasteiger partial charge in [-0.2, -0.15) is 0 Å². The maximum absolute atomic E-state index is 2.36. The van der Waals surface area contributed by atoms with Gasteiger partial charge < -0.3 is 0 Å². The molecule has 0 aliphatic carbocycles. The van der Waals surface area contributed by atoms with Gasteiger partial charge in [0.1, 0.15) is 0 Å². The van der Waals surface area contributed by atoms with Gasteiger partial charge in [-0.05, 0) is 40.6 Å². The summed E-state index contributed by atoms with van der Waals surface area (Å²) in [5, 5.41) is 2.68. The number of fused-ring (bicyclic) bond motifs is 2. The summed E-state index contributed by atoms with van der Waals surface area (Å²) in [5.74, 6) is 0.302. The van der Waals surface area contributed by atoms with Crippen molar-refractivity contribution in [3.63, 3.8) is 0 Å². The molecule has 0 spiro atoms. The molecular weight excluding hydrogens is 340 g/mol. The molecule has 0 N–H and O–H groups in total. The van der Waals surface area contributed by atoms with Gasteiger partial charge in [-0.1, -0.05) is 66.7 Å². The Morgan fingerprint density at radius 3 is 1.52 bits per heavy atom. The smallest absolute Gasteiger partial charge is 0.0528 e. The van der Waals surface area contributed by atoms with Gasteiger partial charge >= 0.3 is 0 Å². The van der Waals surface area contributed by atoms with Crippen LogP contribution in [-0.2, 0) is 0 Å². The van der Waals surface area contributed by atoms with E-state index >= 15 is 0 Å². The van der Waals surface area contributed by atoms with E-state index in [1.165, 1.54) is 35.5 Å². The zero-order chi connectivity index (χ0) is 16.6. The SMILES string of the molecule is c1ccc(C(c2cc3ccccc3s2)c2cc3ccccc3s2)cc1. The molecule has 0 aliphatic heterocycles. The summed E-state index contributed by atoms with van der Waals surface area (Å²) in [6, 6.07) is 33.0. The molecule has 0 atom stereocenters. The summed E-state index contributed by atoms with van der Waals surface area (Å²) in [6.07, 6.45) is 0. The third-order valence-corrected chi connectivity index (χ3v) is 6.95. The number of thiophene rings is 2. The molecule has 120 valence electrons. The minimum Gasteiger partial charge on any atom is -0.139 e. The van der Waals surface area contributed by atoms with Gasteiger partial charge in [-0.25, -0.2) is 0 Å². The summed E-state index contributed by atoms with van der Waals surface area (Å²) in [7, 11) is 0. The molecule has 3 aromatic carbocycles. The first-order valence-electron chi connectivity index (χ1n) is 8.40. The van der Waals surface area contributed by atoms with Crippen LogP contribution in [0, 0.1) is 0 Å². The molecule has 5 rings (SSSR count). The molecule has 2 heteroatoms. The van der Waals surface area contributed by atoms with E-state index in [0.29, 0.717) is 5.92 Å². The van der Waals surface area contributed by atoms with E-state index in [4.69, 9.17) is 0 Å². The van der Waals surface area contributed by atoms with Crippen LogP contribution in [0.15, 0.2) is 91.0 Å². The second-order valence-electron chi connectivity index (χ2n) is 6.22. The van der Waals surface area contributed by atoms with Gasteiger partial charge in [0, 0.05) is 19.2 Å². The number of benzene rings is 3. The van der Waals surface area contributed by atoms with Gasteiger partial charge in [-0.15, -0.1) is 22.7 Å². The van der Waals surface area contributed by atoms with E-state index in [9.17, 15) is 0 Å². The van der Waals surface area contributed by atoms with Crippen molar-refractivity contribution in [1.29, 1.82) is 0 Å². The average Bonchev–Trinajstić information content (AvgIpc) is 3.26. The van der Waals surface area contributed by atoms with Crippen LogP contribution in [0.4, 0.5) is 0 Å². The van der Waals surface area contributed by atoms with Crippen molar-refractivity contribution in [1.82, 2.24) is 0 Å². The molecule has 0 radical (unpaired) electrons. The Labute approximate surface area is 155 Å². The number of hydrogen-bond acceptors (Lipinski definition) is 2. The fourth-order valence-corrected chi connectivity index (χ4v) is 5.90. The summed E-state index contributed by atoms with van der Waals surface area (Å²) in [4.78, 5) is 2.83.